The molecule has 4 aromatic heterocycles. The van der Waals surface area contributed by atoms with Crippen LogP contribution >= 0.6 is 0 Å². The molecule has 1 N–H and O–H groups in total. The molecule has 0 unspecified atom stereocenters. The largest absolute Gasteiger partial charge is 0.493 e. The van der Waals surface area contributed by atoms with E-state index in [-0.39, 0.29) is 5.69 Å². The molecule has 0 atom stereocenters. The van der Waals surface area contributed by atoms with Gasteiger partial charge in [0.2, 0.25) is 0 Å². The fraction of sp³-hybridized carbons (Fsp3) is 0.207. The first-order valence-electron chi connectivity index (χ1n) is 12.7. The van der Waals surface area contributed by atoms with Gasteiger partial charge in [-0.25, -0.2) is 9.67 Å². The van der Waals surface area contributed by atoms with Crippen molar-refractivity contribution in [1.82, 2.24) is 24.7 Å². The van der Waals surface area contributed by atoms with Crippen molar-refractivity contribution >= 4 is 22.6 Å². The minimum Gasteiger partial charge on any atom is -0.493 e. The number of anilines is 1. The summed E-state index contributed by atoms with van der Waals surface area (Å²) >= 11 is 0. The van der Waals surface area contributed by atoms with Gasteiger partial charge in [-0.2, -0.15) is 5.10 Å². The topological polar surface area (TPSA) is 123 Å². The van der Waals surface area contributed by atoms with Gasteiger partial charge in [0.25, 0.3) is 5.91 Å². The molecule has 6 rings (SSSR count). The van der Waals surface area contributed by atoms with Crippen molar-refractivity contribution < 1.29 is 23.7 Å². The lowest BCUT2D eigenvalue weighted by molar-refractivity contribution is 0.101. The zero-order chi connectivity index (χ0) is 27.5. The second-order valence-electron chi connectivity index (χ2n) is 9.22. The van der Waals surface area contributed by atoms with Crippen LogP contribution in [0.15, 0.2) is 73.4 Å². The second-order valence-corrected chi connectivity index (χ2v) is 9.22. The number of hydrogen-bond donors (Lipinski definition) is 1. The van der Waals surface area contributed by atoms with Gasteiger partial charge in [0.05, 0.1) is 50.6 Å². The first kappa shape index (κ1) is 25.1. The van der Waals surface area contributed by atoms with Gasteiger partial charge in [-0.05, 0) is 55.2 Å². The van der Waals surface area contributed by atoms with E-state index in [4.69, 9.17) is 18.9 Å². The van der Waals surface area contributed by atoms with Crippen molar-refractivity contribution in [2.45, 2.75) is 12.8 Å². The molecule has 1 aliphatic carbocycles. The number of aromatic nitrogens is 5. The highest BCUT2D eigenvalue weighted by molar-refractivity contribution is 6.04. The van der Waals surface area contributed by atoms with Crippen molar-refractivity contribution in [3.63, 3.8) is 0 Å². The summed E-state index contributed by atoms with van der Waals surface area (Å²) in [4.78, 5) is 26.1. The molecule has 1 aliphatic rings. The average molecular weight is 539 g/mol. The summed E-state index contributed by atoms with van der Waals surface area (Å²) in [5, 5.41) is 8.01. The van der Waals surface area contributed by atoms with Gasteiger partial charge in [-0.1, -0.05) is 0 Å². The van der Waals surface area contributed by atoms with Crippen LogP contribution in [-0.2, 0) is 0 Å². The monoisotopic (exact) mass is 538 g/mol. The van der Waals surface area contributed by atoms with Crippen LogP contribution in [0.1, 0.15) is 23.3 Å². The predicted molar refractivity (Wildman–Crippen MR) is 147 cm³/mol. The third-order valence-corrected chi connectivity index (χ3v) is 6.39. The number of pyridine rings is 3. The summed E-state index contributed by atoms with van der Waals surface area (Å²) in [6.45, 7) is 0.547. The SMILES string of the molecule is COc1cc2nccc(Oc3ccc(NC(=O)c4nn(-c5cccnc5)cc4OCC4CC4)nc3)c2cc1OC. The Bertz CT molecular complexity index is 1650. The quantitative estimate of drug-likeness (QED) is 0.260. The smallest absolute Gasteiger partial charge is 0.281 e. The molecule has 0 saturated heterocycles. The number of methoxy groups -OCH3 is 2. The lowest BCUT2D eigenvalue weighted by Gasteiger charge is -2.12. The molecular formula is C29H26N6O5. The van der Waals surface area contributed by atoms with Crippen molar-refractivity contribution in [1.29, 1.82) is 0 Å². The molecule has 1 aromatic carbocycles. The standard InChI is InChI=1S/C29H26N6O5/c1-37-24-12-21-22(13-25(24)38-2)31-11-9-23(21)40-20-7-8-27(32-15-20)33-29(36)28-26(39-17-18-5-6-18)16-35(34-28)19-4-3-10-30-14-19/h3-4,7-16,18H,5-6,17H2,1-2H3,(H,32,33,36). The molecule has 40 heavy (non-hydrogen) atoms. The Balaban J connectivity index is 1.19. The zero-order valence-electron chi connectivity index (χ0n) is 21.9. The number of ether oxygens (including phenoxy) is 4. The second kappa shape index (κ2) is 10.9. The molecule has 11 heteroatoms. The molecule has 1 amide bonds. The summed E-state index contributed by atoms with van der Waals surface area (Å²) in [6.07, 6.45) is 10.5. The number of fused-ring (bicyclic) bond motifs is 1. The maximum atomic E-state index is 13.2. The Morgan fingerprint density at radius 3 is 2.55 bits per heavy atom. The number of carbonyl (C=O) groups excluding carboxylic acids is 1. The number of hydrogen-bond acceptors (Lipinski definition) is 9. The van der Waals surface area contributed by atoms with Crippen LogP contribution in [-0.4, -0.2) is 51.5 Å². The molecule has 4 heterocycles. The highest BCUT2D eigenvalue weighted by Crippen LogP contribution is 2.37. The molecule has 11 nitrogen and oxygen atoms in total. The fourth-order valence-electron chi connectivity index (χ4n) is 4.09. The Morgan fingerprint density at radius 1 is 0.975 bits per heavy atom. The summed E-state index contributed by atoms with van der Waals surface area (Å²) in [5.74, 6) is 3.03. The highest BCUT2D eigenvalue weighted by Gasteiger charge is 2.25. The van der Waals surface area contributed by atoms with Crippen LogP contribution in [0.4, 0.5) is 5.82 Å². The van der Waals surface area contributed by atoms with Crippen molar-refractivity contribution in [2.24, 2.45) is 5.92 Å². The van der Waals surface area contributed by atoms with Crippen LogP contribution in [0.5, 0.6) is 28.7 Å². The number of nitrogens with zero attached hydrogens (tertiary/aromatic N) is 5. The van der Waals surface area contributed by atoms with Crippen LogP contribution in [0.2, 0.25) is 0 Å². The minimum absolute atomic E-state index is 0.166. The van der Waals surface area contributed by atoms with Gasteiger partial charge in [0.15, 0.2) is 22.9 Å². The Hall–Kier alpha value is -5.19. The Morgan fingerprint density at radius 2 is 1.82 bits per heavy atom. The van der Waals surface area contributed by atoms with Crippen molar-refractivity contribution in [3.8, 4) is 34.4 Å². The first-order chi connectivity index (χ1) is 19.6. The Labute approximate surface area is 229 Å². The lowest BCUT2D eigenvalue weighted by Crippen LogP contribution is -2.15. The van der Waals surface area contributed by atoms with Crippen LogP contribution in [0.25, 0.3) is 16.6 Å². The normalized spacial score (nSPS) is 12.7. The van der Waals surface area contributed by atoms with E-state index in [0.717, 1.165) is 23.9 Å². The molecule has 0 spiro atoms. The average Bonchev–Trinajstić information content (AvgIpc) is 3.73. The van der Waals surface area contributed by atoms with Crippen LogP contribution in [0, 0.1) is 5.92 Å². The van der Waals surface area contributed by atoms with Crippen LogP contribution < -0.4 is 24.3 Å². The van der Waals surface area contributed by atoms with Gasteiger partial charge in [0.1, 0.15) is 17.3 Å². The van der Waals surface area contributed by atoms with Gasteiger partial charge in [0, 0.05) is 23.8 Å². The Kier molecular flexibility index (Phi) is 6.84. The molecule has 1 saturated carbocycles. The molecule has 0 radical (unpaired) electrons. The summed E-state index contributed by atoms with van der Waals surface area (Å²) in [6, 6.07) is 12.4. The maximum absolute atomic E-state index is 13.2. The zero-order valence-corrected chi connectivity index (χ0v) is 21.9. The predicted octanol–water partition coefficient (Wildman–Crippen LogP) is 5.06. The van der Waals surface area contributed by atoms with E-state index in [1.54, 1.807) is 74.0 Å². The number of rotatable bonds is 10. The van der Waals surface area contributed by atoms with E-state index in [0.29, 0.717) is 52.6 Å². The van der Waals surface area contributed by atoms with E-state index >= 15 is 0 Å². The summed E-state index contributed by atoms with van der Waals surface area (Å²) in [5.41, 5.74) is 1.58. The van der Waals surface area contributed by atoms with Gasteiger partial charge < -0.3 is 24.3 Å². The van der Waals surface area contributed by atoms with Gasteiger partial charge in [-0.3, -0.25) is 14.8 Å². The molecule has 5 aromatic rings. The van der Waals surface area contributed by atoms with Crippen molar-refractivity contribution in [2.75, 3.05) is 26.1 Å². The van der Waals surface area contributed by atoms with Gasteiger partial charge in [-0.15, -0.1) is 0 Å². The van der Waals surface area contributed by atoms with E-state index in [2.05, 4.69) is 25.4 Å². The van der Waals surface area contributed by atoms with E-state index in [1.807, 2.05) is 12.1 Å². The summed E-state index contributed by atoms with van der Waals surface area (Å²) in [7, 11) is 3.15. The lowest BCUT2D eigenvalue weighted by atomic mass is 10.2. The summed E-state index contributed by atoms with van der Waals surface area (Å²) < 4.78 is 24.4. The van der Waals surface area contributed by atoms with Crippen molar-refractivity contribution in [3.05, 3.63) is 79.1 Å². The molecular weight excluding hydrogens is 512 g/mol. The minimum atomic E-state index is -0.434. The first-order valence-corrected chi connectivity index (χ1v) is 12.7. The number of benzene rings is 1. The third-order valence-electron chi connectivity index (χ3n) is 6.39. The molecule has 202 valence electrons. The van der Waals surface area contributed by atoms with E-state index in [1.165, 1.54) is 6.20 Å². The number of nitrogens with one attached hydrogen (secondary N) is 1. The highest BCUT2D eigenvalue weighted by atomic mass is 16.5. The number of amides is 1. The van der Waals surface area contributed by atoms with Crippen LogP contribution in [0.3, 0.4) is 0 Å². The maximum Gasteiger partial charge on any atom is 0.281 e. The third kappa shape index (κ3) is 5.35. The van der Waals surface area contributed by atoms with E-state index < -0.39 is 5.91 Å². The molecule has 0 aliphatic heterocycles. The van der Waals surface area contributed by atoms with Gasteiger partial charge >= 0.3 is 0 Å². The fourth-order valence-corrected chi connectivity index (χ4v) is 4.09. The van der Waals surface area contributed by atoms with E-state index in [9.17, 15) is 4.79 Å². The molecule has 1 fully saturated rings. The number of carbonyl (C=O) groups is 1. The molecule has 0 bridgehead atoms.